The molecule has 1 aromatic heterocycles. The van der Waals surface area contributed by atoms with Crippen molar-refractivity contribution in [3.8, 4) is 23.4 Å². The maximum Gasteiger partial charge on any atom is 0.158 e. The van der Waals surface area contributed by atoms with E-state index in [4.69, 9.17) is 10.5 Å². The Balaban J connectivity index is 2.67. The first-order valence-corrected chi connectivity index (χ1v) is 4.81. The molecule has 0 aliphatic heterocycles. The van der Waals surface area contributed by atoms with Gasteiger partial charge in [-0.25, -0.2) is 4.39 Å². The van der Waals surface area contributed by atoms with Crippen LogP contribution < -0.4 is 0 Å². The number of hydrogen-bond donors (Lipinski definition) is 0. The second-order valence-electron chi connectivity index (χ2n) is 3.32. The molecule has 0 saturated heterocycles. The summed E-state index contributed by atoms with van der Waals surface area (Å²) < 4.78 is 13.5. The van der Waals surface area contributed by atoms with Crippen LogP contribution >= 0.6 is 0 Å². The van der Waals surface area contributed by atoms with Gasteiger partial charge in [0.2, 0.25) is 0 Å². The lowest BCUT2D eigenvalue weighted by atomic mass is 10.0. The van der Waals surface area contributed by atoms with Crippen LogP contribution in [0.5, 0.6) is 0 Å². The molecule has 0 atom stereocenters. The molecule has 0 N–H and O–H groups in total. The van der Waals surface area contributed by atoms with Crippen LogP contribution in [0, 0.1) is 28.5 Å². The maximum atomic E-state index is 13.5. The fourth-order valence-corrected chi connectivity index (χ4v) is 1.47. The highest BCUT2D eigenvalue weighted by molar-refractivity contribution is 5.64. The van der Waals surface area contributed by atoms with Crippen LogP contribution in [0.4, 0.5) is 4.39 Å². The highest BCUT2D eigenvalue weighted by atomic mass is 19.1. The van der Waals surface area contributed by atoms with Crippen molar-refractivity contribution in [1.29, 1.82) is 10.5 Å². The molecule has 0 fully saturated rings. The van der Waals surface area contributed by atoms with Crippen molar-refractivity contribution in [2.75, 3.05) is 0 Å². The van der Waals surface area contributed by atoms with Gasteiger partial charge in [-0.3, -0.25) is 4.98 Å². The average Bonchev–Trinajstić information content (AvgIpc) is 2.40. The lowest BCUT2D eigenvalue weighted by Crippen LogP contribution is -1.92. The van der Waals surface area contributed by atoms with Crippen LogP contribution in [0.1, 0.15) is 11.1 Å². The van der Waals surface area contributed by atoms with Gasteiger partial charge in [-0.15, -0.1) is 0 Å². The van der Waals surface area contributed by atoms with E-state index in [0.717, 1.165) is 0 Å². The molecule has 80 valence electrons. The molecular weight excluding hydrogens is 217 g/mol. The molecule has 0 radical (unpaired) electrons. The molecule has 0 amide bonds. The molecular formula is C13H6FN3. The molecule has 3 nitrogen and oxygen atoms in total. The number of benzene rings is 1. The number of halogens is 1. The van der Waals surface area contributed by atoms with Crippen LogP contribution in [-0.4, -0.2) is 4.98 Å². The van der Waals surface area contributed by atoms with E-state index in [-0.39, 0.29) is 11.1 Å². The van der Waals surface area contributed by atoms with Crippen LogP contribution in [0.3, 0.4) is 0 Å². The van der Waals surface area contributed by atoms with Gasteiger partial charge in [-0.2, -0.15) is 10.5 Å². The number of hydrogen-bond acceptors (Lipinski definition) is 3. The van der Waals surface area contributed by atoms with E-state index in [1.807, 2.05) is 0 Å². The Morgan fingerprint density at radius 1 is 1.06 bits per heavy atom. The van der Waals surface area contributed by atoms with Crippen LogP contribution in [0.15, 0.2) is 36.5 Å². The zero-order chi connectivity index (χ0) is 12.3. The summed E-state index contributed by atoms with van der Waals surface area (Å²) in [6.07, 6.45) is 1.59. The topological polar surface area (TPSA) is 60.5 Å². The lowest BCUT2D eigenvalue weighted by Gasteiger charge is -2.03. The summed E-state index contributed by atoms with van der Waals surface area (Å²) in [6, 6.07) is 11.5. The quantitative estimate of drug-likeness (QED) is 0.746. The van der Waals surface area contributed by atoms with Gasteiger partial charge in [0.1, 0.15) is 12.1 Å². The van der Waals surface area contributed by atoms with Gasteiger partial charge in [0.15, 0.2) is 5.82 Å². The first kappa shape index (κ1) is 10.8. The van der Waals surface area contributed by atoms with Crippen molar-refractivity contribution in [1.82, 2.24) is 4.98 Å². The minimum Gasteiger partial charge on any atom is -0.256 e. The minimum absolute atomic E-state index is 0.148. The molecule has 0 aliphatic rings. The molecule has 1 heterocycles. The zero-order valence-electron chi connectivity index (χ0n) is 8.68. The van der Waals surface area contributed by atoms with Gasteiger partial charge in [0.25, 0.3) is 0 Å². The summed E-state index contributed by atoms with van der Waals surface area (Å²) in [6.45, 7) is 0. The SMILES string of the molecule is N#Cc1cc(-c2ccccn2)cc(C#N)c1F. The van der Waals surface area contributed by atoms with E-state index >= 15 is 0 Å². The fraction of sp³-hybridized carbons (Fsp3) is 0. The number of nitrogens with zero attached hydrogens (tertiary/aromatic N) is 3. The average molecular weight is 223 g/mol. The first-order chi connectivity index (χ1) is 8.26. The normalized spacial score (nSPS) is 9.35. The third-order valence-electron chi connectivity index (χ3n) is 2.27. The molecule has 0 spiro atoms. The minimum atomic E-state index is -0.783. The Hall–Kier alpha value is -2.72. The predicted octanol–water partition coefficient (Wildman–Crippen LogP) is 2.63. The van der Waals surface area contributed by atoms with Crippen molar-refractivity contribution < 1.29 is 4.39 Å². The van der Waals surface area contributed by atoms with E-state index in [2.05, 4.69) is 4.98 Å². The smallest absolute Gasteiger partial charge is 0.158 e. The van der Waals surface area contributed by atoms with Gasteiger partial charge in [-0.1, -0.05) is 6.07 Å². The summed E-state index contributed by atoms with van der Waals surface area (Å²) in [5.74, 6) is -0.783. The van der Waals surface area contributed by atoms with E-state index in [9.17, 15) is 4.39 Å². The lowest BCUT2D eigenvalue weighted by molar-refractivity contribution is 0.620. The van der Waals surface area contributed by atoms with Crippen molar-refractivity contribution in [3.63, 3.8) is 0 Å². The number of aromatic nitrogens is 1. The monoisotopic (exact) mass is 223 g/mol. The van der Waals surface area contributed by atoms with E-state index in [0.29, 0.717) is 11.3 Å². The Morgan fingerprint density at radius 3 is 2.18 bits per heavy atom. The summed E-state index contributed by atoms with van der Waals surface area (Å²) in [5.41, 5.74) is 0.856. The van der Waals surface area contributed by atoms with Gasteiger partial charge >= 0.3 is 0 Å². The van der Waals surface area contributed by atoms with Crippen molar-refractivity contribution in [2.45, 2.75) is 0 Å². The largest absolute Gasteiger partial charge is 0.256 e. The molecule has 0 saturated carbocycles. The van der Waals surface area contributed by atoms with E-state index in [1.54, 1.807) is 36.5 Å². The molecule has 0 aliphatic carbocycles. The van der Waals surface area contributed by atoms with Crippen LogP contribution in [0.25, 0.3) is 11.3 Å². The summed E-state index contributed by atoms with van der Waals surface area (Å²) in [7, 11) is 0. The maximum absolute atomic E-state index is 13.5. The molecule has 0 bridgehead atoms. The van der Waals surface area contributed by atoms with E-state index in [1.165, 1.54) is 12.1 Å². The van der Waals surface area contributed by atoms with Crippen molar-refractivity contribution >= 4 is 0 Å². The van der Waals surface area contributed by atoms with Gasteiger partial charge in [-0.05, 0) is 24.3 Å². The van der Waals surface area contributed by atoms with Crippen molar-refractivity contribution in [3.05, 3.63) is 53.5 Å². The standard InChI is InChI=1S/C13H6FN3/c14-13-10(7-15)5-9(6-11(13)8-16)12-3-1-2-4-17-12/h1-6H. The fourth-order valence-electron chi connectivity index (χ4n) is 1.47. The Bertz CT molecular complexity index is 601. The third-order valence-corrected chi connectivity index (χ3v) is 2.27. The third kappa shape index (κ3) is 1.97. The molecule has 17 heavy (non-hydrogen) atoms. The highest BCUT2D eigenvalue weighted by Gasteiger charge is 2.11. The predicted molar refractivity (Wildman–Crippen MR) is 59.1 cm³/mol. The van der Waals surface area contributed by atoms with Gasteiger partial charge in [0, 0.05) is 11.8 Å². The van der Waals surface area contributed by atoms with Gasteiger partial charge in [0.05, 0.1) is 16.8 Å². The molecule has 2 rings (SSSR count). The zero-order valence-corrected chi connectivity index (χ0v) is 8.68. The van der Waals surface area contributed by atoms with E-state index < -0.39 is 5.82 Å². The molecule has 4 heteroatoms. The molecule has 1 aromatic carbocycles. The Kier molecular flexibility index (Phi) is 2.81. The number of rotatable bonds is 1. The highest BCUT2D eigenvalue weighted by Crippen LogP contribution is 2.22. The number of pyridine rings is 1. The molecule has 2 aromatic rings. The second-order valence-corrected chi connectivity index (χ2v) is 3.32. The summed E-state index contributed by atoms with van der Waals surface area (Å²) in [4.78, 5) is 4.09. The van der Waals surface area contributed by atoms with Crippen LogP contribution in [-0.2, 0) is 0 Å². The first-order valence-electron chi connectivity index (χ1n) is 4.81. The molecule has 0 unspecified atom stereocenters. The van der Waals surface area contributed by atoms with Gasteiger partial charge < -0.3 is 0 Å². The summed E-state index contributed by atoms with van der Waals surface area (Å²) in [5, 5.41) is 17.6. The number of nitriles is 2. The van der Waals surface area contributed by atoms with Crippen molar-refractivity contribution in [2.24, 2.45) is 0 Å². The Labute approximate surface area is 97.4 Å². The van der Waals surface area contributed by atoms with Crippen LogP contribution in [0.2, 0.25) is 0 Å². The second kappa shape index (κ2) is 4.42. The Morgan fingerprint density at radius 2 is 1.71 bits per heavy atom. The summed E-state index contributed by atoms with van der Waals surface area (Å²) >= 11 is 0.